The molecule has 3 rings (SSSR count). The van der Waals surface area contributed by atoms with E-state index in [1.165, 1.54) is 25.5 Å². The van der Waals surface area contributed by atoms with E-state index in [4.69, 9.17) is 16.3 Å². The lowest BCUT2D eigenvalue weighted by Gasteiger charge is -2.22. The highest BCUT2D eigenvalue weighted by Crippen LogP contribution is 2.27. The van der Waals surface area contributed by atoms with Crippen molar-refractivity contribution in [1.82, 2.24) is 15.3 Å². The number of carbonyl (C=O) groups is 1. The Morgan fingerprint density at radius 2 is 2.04 bits per heavy atom. The first-order valence-electron chi connectivity index (χ1n) is 8.63. The van der Waals surface area contributed by atoms with Crippen molar-refractivity contribution in [3.63, 3.8) is 0 Å². The summed E-state index contributed by atoms with van der Waals surface area (Å²) in [6.07, 6.45) is 10.9. The molecule has 0 bridgehead atoms. The summed E-state index contributed by atoms with van der Waals surface area (Å²) >= 11 is 6.25. The van der Waals surface area contributed by atoms with Crippen LogP contribution in [-0.2, 0) is 6.54 Å². The van der Waals surface area contributed by atoms with Gasteiger partial charge in [0.2, 0.25) is 5.88 Å². The predicted octanol–water partition coefficient (Wildman–Crippen LogP) is 4.08. The monoisotopic (exact) mass is 359 g/mol. The summed E-state index contributed by atoms with van der Waals surface area (Å²) < 4.78 is 5.88. The van der Waals surface area contributed by atoms with Crippen molar-refractivity contribution in [2.75, 3.05) is 0 Å². The van der Waals surface area contributed by atoms with Gasteiger partial charge in [-0.1, -0.05) is 24.1 Å². The van der Waals surface area contributed by atoms with E-state index in [1.54, 1.807) is 18.5 Å². The van der Waals surface area contributed by atoms with Crippen LogP contribution < -0.4 is 10.1 Å². The van der Waals surface area contributed by atoms with Crippen LogP contribution in [0, 0.1) is 6.92 Å². The maximum absolute atomic E-state index is 12.3. The van der Waals surface area contributed by atoms with Crippen LogP contribution in [0.25, 0.3) is 0 Å². The van der Waals surface area contributed by atoms with Crippen LogP contribution in [0.2, 0.25) is 5.02 Å². The molecule has 0 saturated heterocycles. The zero-order valence-electron chi connectivity index (χ0n) is 14.3. The lowest BCUT2D eigenvalue weighted by Crippen LogP contribution is -2.23. The van der Waals surface area contributed by atoms with Crippen molar-refractivity contribution in [2.24, 2.45) is 0 Å². The molecule has 1 aliphatic rings. The molecule has 132 valence electrons. The first-order valence-corrected chi connectivity index (χ1v) is 9.00. The van der Waals surface area contributed by atoms with Gasteiger partial charge in [0.05, 0.1) is 5.56 Å². The summed E-state index contributed by atoms with van der Waals surface area (Å²) in [6, 6.07) is 3.59. The van der Waals surface area contributed by atoms with Crippen LogP contribution in [0.15, 0.2) is 30.7 Å². The fraction of sp³-hybridized carbons (Fsp3) is 0.421. The second-order valence-corrected chi connectivity index (χ2v) is 6.85. The van der Waals surface area contributed by atoms with Gasteiger partial charge < -0.3 is 10.1 Å². The van der Waals surface area contributed by atoms with Gasteiger partial charge in [-0.3, -0.25) is 9.78 Å². The maximum Gasteiger partial charge on any atom is 0.253 e. The van der Waals surface area contributed by atoms with Crippen LogP contribution in [0.1, 0.15) is 53.6 Å². The third-order valence-corrected chi connectivity index (χ3v) is 4.56. The van der Waals surface area contributed by atoms with Gasteiger partial charge in [-0.05, 0) is 49.8 Å². The third-order valence-electron chi connectivity index (χ3n) is 4.28. The third kappa shape index (κ3) is 4.92. The molecule has 2 aromatic rings. The Labute approximate surface area is 152 Å². The Bertz CT molecular complexity index is 745. The SMILES string of the molecule is Cc1cncc(CNC(=O)c2cnc(OC3CCCCC3)c(Cl)c2)c1. The van der Waals surface area contributed by atoms with Crippen molar-refractivity contribution in [1.29, 1.82) is 0 Å². The number of nitrogens with zero attached hydrogens (tertiary/aromatic N) is 2. The van der Waals surface area contributed by atoms with Crippen molar-refractivity contribution in [3.05, 3.63) is 52.4 Å². The van der Waals surface area contributed by atoms with E-state index in [0.717, 1.165) is 24.0 Å². The molecule has 0 aliphatic heterocycles. The normalized spacial score (nSPS) is 15.0. The molecule has 6 heteroatoms. The van der Waals surface area contributed by atoms with Crippen LogP contribution in [0.4, 0.5) is 0 Å². The van der Waals surface area contributed by atoms with E-state index in [9.17, 15) is 4.79 Å². The van der Waals surface area contributed by atoms with Gasteiger partial charge in [-0.25, -0.2) is 4.98 Å². The number of rotatable bonds is 5. The Kier molecular flexibility index (Phi) is 5.87. The Balaban J connectivity index is 1.60. The van der Waals surface area contributed by atoms with Gasteiger partial charge >= 0.3 is 0 Å². The van der Waals surface area contributed by atoms with Gasteiger partial charge in [-0.2, -0.15) is 0 Å². The topological polar surface area (TPSA) is 64.1 Å². The predicted molar refractivity (Wildman–Crippen MR) is 96.9 cm³/mol. The number of hydrogen-bond acceptors (Lipinski definition) is 4. The van der Waals surface area contributed by atoms with E-state index in [1.807, 2.05) is 13.0 Å². The minimum absolute atomic E-state index is 0.173. The second-order valence-electron chi connectivity index (χ2n) is 6.44. The second kappa shape index (κ2) is 8.30. The molecule has 0 radical (unpaired) electrons. The first-order chi connectivity index (χ1) is 12.1. The van der Waals surface area contributed by atoms with Crippen molar-refractivity contribution in [2.45, 2.75) is 51.7 Å². The molecule has 1 amide bonds. The molecule has 2 heterocycles. The first kappa shape index (κ1) is 17.7. The van der Waals surface area contributed by atoms with E-state index >= 15 is 0 Å². The molecule has 25 heavy (non-hydrogen) atoms. The van der Waals surface area contributed by atoms with Crippen LogP contribution in [-0.4, -0.2) is 22.0 Å². The van der Waals surface area contributed by atoms with E-state index in [2.05, 4.69) is 15.3 Å². The average molecular weight is 360 g/mol. The molecule has 0 atom stereocenters. The number of ether oxygens (including phenoxy) is 1. The average Bonchev–Trinajstić information content (AvgIpc) is 2.62. The molecule has 2 aromatic heterocycles. The summed E-state index contributed by atoms with van der Waals surface area (Å²) in [5, 5.41) is 3.22. The summed E-state index contributed by atoms with van der Waals surface area (Å²) in [5.74, 6) is 0.188. The molecule has 1 N–H and O–H groups in total. The van der Waals surface area contributed by atoms with E-state index < -0.39 is 0 Å². The molecule has 1 aliphatic carbocycles. The number of aryl methyl sites for hydroxylation is 1. The Morgan fingerprint density at radius 1 is 1.24 bits per heavy atom. The highest BCUT2D eigenvalue weighted by Gasteiger charge is 2.18. The quantitative estimate of drug-likeness (QED) is 0.873. The zero-order valence-corrected chi connectivity index (χ0v) is 15.1. The molecule has 0 unspecified atom stereocenters. The Hall–Kier alpha value is -2.14. The van der Waals surface area contributed by atoms with Crippen LogP contribution >= 0.6 is 11.6 Å². The van der Waals surface area contributed by atoms with Crippen molar-refractivity contribution >= 4 is 17.5 Å². The molecule has 5 nitrogen and oxygen atoms in total. The van der Waals surface area contributed by atoms with Gasteiger partial charge in [0.25, 0.3) is 5.91 Å². The number of hydrogen-bond donors (Lipinski definition) is 1. The minimum Gasteiger partial charge on any atom is -0.473 e. The minimum atomic E-state index is -0.222. The molecular formula is C19H22ClN3O2. The molecule has 0 spiro atoms. The number of halogens is 1. The van der Waals surface area contributed by atoms with Gasteiger partial charge in [0.15, 0.2) is 0 Å². The molecule has 1 saturated carbocycles. The van der Waals surface area contributed by atoms with E-state index in [-0.39, 0.29) is 12.0 Å². The highest BCUT2D eigenvalue weighted by atomic mass is 35.5. The number of nitrogens with one attached hydrogen (secondary N) is 1. The van der Waals surface area contributed by atoms with Crippen molar-refractivity contribution < 1.29 is 9.53 Å². The van der Waals surface area contributed by atoms with E-state index in [0.29, 0.717) is 23.0 Å². The van der Waals surface area contributed by atoms with Crippen LogP contribution in [0.3, 0.4) is 0 Å². The van der Waals surface area contributed by atoms with Gasteiger partial charge in [-0.15, -0.1) is 0 Å². The largest absolute Gasteiger partial charge is 0.473 e. The number of carbonyl (C=O) groups excluding carboxylic acids is 1. The smallest absolute Gasteiger partial charge is 0.253 e. The lowest BCUT2D eigenvalue weighted by molar-refractivity contribution is 0.0950. The highest BCUT2D eigenvalue weighted by molar-refractivity contribution is 6.32. The number of pyridine rings is 2. The summed E-state index contributed by atoms with van der Waals surface area (Å²) in [5.41, 5.74) is 2.42. The standard InChI is InChI=1S/C19H22ClN3O2/c1-13-7-14(10-21-9-13)11-22-18(24)15-8-17(20)19(23-12-15)25-16-5-3-2-4-6-16/h7-10,12,16H,2-6,11H2,1H3,(H,22,24). The Morgan fingerprint density at radius 3 is 2.76 bits per heavy atom. The zero-order chi connectivity index (χ0) is 17.6. The summed E-state index contributed by atoms with van der Waals surface area (Å²) in [7, 11) is 0. The molecule has 0 aromatic carbocycles. The van der Waals surface area contributed by atoms with Gasteiger partial charge in [0.1, 0.15) is 11.1 Å². The van der Waals surface area contributed by atoms with Crippen LogP contribution in [0.5, 0.6) is 5.88 Å². The fourth-order valence-electron chi connectivity index (χ4n) is 2.98. The lowest BCUT2D eigenvalue weighted by atomic mass is 9.98. The molecule has 1 fully saturated rings. The van der Waals surface area contributed by atoms with Crippen molar-refractivity contribution in [3.8, 4) is 5.88 Å². The summed E-state index contributed by atoms with van der Waals surface area (Å²) in [6.45, 7) is 2.37. The number of amides is 1. The number of aromatic nitrogens is 2. The fourth-order valence-corrected chi connectivity index (χ4v) is 3.19. The van der Waals surface area contributed by atoms with Gasteiger partial charge in [0, 0.05) is 25.1 Å². The maximum atomic E-state index is 12.3. The summed E-state index contributed by atoms with van der Waals surface area (Å²) in [4.78, 5) is 20.6. The molecular weight excluding hydrogens is 338 g/mol.